The average Bonchev–Trinajstić information content (AvgIpc) is 3.71. The molecule has 0 spiro atoms. The van der Waals surface area contributed by atoms with Crippen LogP contribution in [0.2, 0.25) is 0 Å². The number of hydrogen-bond acceptors (Lipinski definition) is 1. The average molecular weight is 840 g/mol. The molecule has 0 radical (unpaired) electrons. The van der Waals surface area contributed by atoms with Crippen LogP contribution in [0, 0.1) is 0 Å². The van der Waals surface area contributed by atoms with Crippen molar-refractivity contribution in [2.75, 3.05) is 4.90 Å². The summed E-state index contributed by atoms with van der Waals surface area (Å²) in [6, 6.07) is 100. The minimum Gasteiger partial charge on any atom is -0.310 e. The van der Waals surface area contributed by atoms with Crippen LogP contribution in [-0.2, 0) is 5.41 Å². The van der Waals surface area contributed by atoms with Gasteiger partial charge in [-0.05, 0) is 113 Å². The van der Waals surface area contributed by atoms with Crippen LogP contribution >= 0.6 is 0 Å². The van der Waals surface area contributed by atoms with Crippen LogP contribution in [0.15, 0.2) is 273 Å². The lowest BCUT2D eigenvalue weighted by molar-refractivity contribution is 0.768. The molecule has 12 rings (SSSR count). The molecule has 0 unspecified atom stereocenters. The lowest BCUT2D eigenvalue weighted by atomic mass is 9.68. The van der Waals surface area contributed by atoms with Crippen molar-refractivity contribution in [3.05, 3.63) is 295 Å². The summed E-state index contributed by atoms with van der Waals surface area (Å²) < 4.78 is 0. The van der Waals surface area contributed by atoms with Gasteiger partial charge in [0.25, 0.3) is 0 Å². The van der Waals surface area contributed by atoms with Gasteiger partial charge in [-0.1, -0.05) is 243 Å². The highest BCUT2D eigenvalue weighted by atomic mass is 15.1. The van der Waals surface area contributed by atoms with Crippen molar-refractivity contribution in [2.45, 2.75) is 5.41 Å². The normalized spacial score (nSPS) is 12.4. The highest BCUT2D eigenvalue weighted by molar-refractivity contribution is 5.99. The van der Waals surface area contributed by atoms with E-state index in [9.17, 15) is 0 Å². The van der Waals surface area contributed by atoms with Crippen LogP contribution in [0.1, 0.15) is 22.3 Å². The third-order valence-electron chi connectivity index (χ3n) is 13.6. The van der Waals surface area contributed by atoms with Crippen LogP contribution in [0.5, 0.6) is 0 Å². The van der Waals surface area contributed by atoms with E-state index >= 15 is 0 Å². The second-order valence-electron chi connectivity index (χ2n) is 17.2. The number of hydrogen-bond donors (Lipinski definition) is 0. The summed E-state index contributed by atoms with van der Waals surface area (Å²) in [6.45, 7) is 0. The fourth-order valence-corrected chi connectivity index (χ4v) is 10.5. The van der Waals surface area contributed by atoms with Crippen LogP contribution < -0.4 is 4.90 Å². The predicted molar refractivity (Wildman–Crippen MR) is 278 cm³/mol. The predicted octanol–water partition coefficient (Wildman–Crippen LogP) is 17.3. The Morgan fingerprint density at radius 3 is 1.33 bits per heavy atom. The Bertz CT molecular complexity index is 3460. The number of rotatable bonds is 9. The first-order chi connectivity index (χ1) is 32.7. The zero-order chi connectivity index (χ0) is 43.9. The maximum Gasteiger partial charge on any atom is 0.0714 e. The zero-order valence-corrected chi connectivity index (χ0v) is 36.4. The van der Waals surface area contributed by atoms with Crippen molar-refractivity contribution in [1.29, 1.82) is 0 Å². The van der Waals surface area contributed by atoms with E-state index in [1.165, 1.54) is 77.5 Å². The number of nitrogens with zero attached hydrogens (tertiary/aromatic N) is 1. The molecule has 66 heavy (non-hydrogen) atoms. The number of anilines is 3. The van der Waals surface area contributed by atoms with Crippen LogP contribution in [0.25, 0.3) is 66.4 Å². The lowest BCUT2D eigenvalue weighted by Crippen LogP contribution is -2.28. The van der Waals surface area contributed by atoms with Crippen LogP contribution in [0.3, 0.4) is 0 Å². The standard InChI is InChI=1S/C65H45N/c1-4-18-46(19-5-1)47-36-38-48(39-37-47)52-22-14-28-56(44-52)66(57-29-15-23-53(45-57)49-40-42-51(43-41-49)59-32-16-21-50-20-10-11-30-58(50)59)63-35-17-34-62-64(63)60-31-12-13-33-61(60)65(62,54-24-6-2-7-25-54)55-26-8-3-9-27-55/h1-45H. The van der Waals surface area contributed by atoms with Gasteiger partial charge in [0.2, 0.25) is 0 Å². The number of fused-ring (bicyclic) bond motifs is 4. The van der Waals surface area contributed by atoms with Crippen molar-refractivity contribution < 1.29 is 0 Å². The summed E-state index contributed by atoms with van der Waals surface area (Å²) in [5.41, 5.74) is 19.9. The summed E-state index contributed by atoms with van der Waals surface area (Å²) in [7, 11) is 0. The molecule has 0 aliphatic heterocycles. The van der Waals surface area contributed by atoms with E-state index in [0.29, 0.717) is 0 Å². The van der Waals surface area contributed by atoms with Gasteiger partial charge >= 0.3 is 0 Å². The second kappa shape index (κ2) is 16.6. The second-order valence-corrected chi connectivity index (χ2v) is 17.2. The van der Waals surface area contributed by atoms with Crippen molar-refractivity contribution >= 4 is 27.8 Å². The van der Waals surface area contributed by atoms with Gasteiger partial charge in [-0.3, -0.25) is 0 Å². The van der Waals surface area contributed by atoms with E-state index in [1.54, 1.807) is 0 Å². The summed E-state index contributed by atoms with van der Waals surface area (Å²) in [6.07, 6.45) is 0. The fourth-order valence-electron chi connectivity index (χ4n) is 10.5. The molecule has 0 bridgehead atoms. The molecule has 0 saturated heterocycles. The molecular formula is C65H45N. The maximum atomic E-state index is 2.48. The third kappa shape index (κ3) is 6.64. The van der Waals surface area contributed by atoms with E-state index in [-0.39, 0.29) is 0 Å². The SMILES string of the molecule is c1ccc(-c2ccc(-c3cccc(N(c4cccc(-c5ccc(-c6cccc7ccccc67)cc5)c4)c4cccc5c4-c4ccccc4C5(c4ccccc4)c4ccccc4)c3)cc2)cc1. The van der Waals surface area contributed by atoms with Crippen LogP contribution in [-0.4, -0.2) is 0 Å². The van der Waals surface area contributed by atoms with E-state index in [2.05, 4.69) is 278 Å². The van der Waals surface area contributed by atoms with E-state index in [4.69, 9.17) is 0 Å². The molecule has 1 heteroatoms. The Hall–Kier alpha value is -8.52. The Morgan fingerprint density at radius 2 is 0.697 bits per heavy atom. The Kier molecular flexibility index (Phi) is 9.81. The van der Waals surface area contributed by atoms with Gasteiger partial charge in [0, 0.05) is 16.9 Å². The van der Waals surface area contributed by atoms with Gasteiger partial charge < -0.3 is 4.90 Å². The minimum absolute atomic E-state index is 0.522. The first kappa shape index (κ1) is 39.1. The van der Waals surface area contributed by atoms with Crippen molar-refractivity contribution in [3.63, 3.8) is 0 Å². The molecular weight excluding hydrogens is 795 g/mol. The Labute approximate surface area is 387 Å². The molecule has 0 amide bonds. The van der Waals surface area contributed by atoms with Crippen molar-refractivity contribution in [1.82, 2.24) is 0 Å². The lowest BCUT2D eigenvalue weighted by Gasteiger charge is -2.34. The van der Waals surface area contributed by atoms with E-state index in [0.717, 1.165) is 28.2 Å². The fraction of sp³-hybridized carbons (Fsp3) is 0.0154. The summed E-state index contributed by atoms with van der Waals surface area (Å²) >= 11 is 0. The summed E-state index contributed by atoms with van der Waals surface area (Å²) in [5.74, 6) is 0. The first-order valence-corrected chi connectivity index (χ1v) is 22.8. The van der Waals surface area contributed by atoms with Crippen molar-refractivity contribution in [2.24, 2.45) is 0 Å². The van der Waals surface area contributed by atoms with Gasteiger partial charge in [0.05, 0.1) is 11.1 Å². The molecule has 1 aliphatic rings. The molecule has 11 aromatic carbocycles. The van der Waals surface area contributed by atoms with Gasteiger partial charge in [0.15, 0.2) is 0 Å². The summed E-state index contributed by atoms with van der Waals surface area (Å²) in [5, 5.41) is 2.51. The first-order valence-electron chi connectivity index (χ1n) is 22.8. The Balaban J connectivity index is 1.04. The number of benzene rings is 11. The molecule has 11 aromatic rings. The molecule has 0 fully saturated rings. The molecule has 0 saturated carbocycles. The monoisotopic (exact) mass is 839 g/mol. The molecule has 1 nitrogen and oxygen atoms in total. The van der Waals surface area contributed by atoms with Gasteiger partial charge in [-0.25, -0.2) is 0 Å². The molecule has 0 heterocycles. The molecule has 0 aromatic heterocycles. The highest BCUT2D eigenvalue weighted by Gasteiger charge is 2.47. The topological polar surface area (TPSA) is 3.24 Å². The summed E-state index contributed by atoms with van der Waals surface area (Å²) in [4.78, 5) is 2.48. The molecule has 1 aliphatic carbocycles. The van der Waals surface area contributed by atoms with E-state index < -0.39 is 5.41 Å². The molecule has 310 valence electrons. The smallest absolute Gasteiger partial charge is 0.0714 e. The van der Waals surface area contributed by atoms with Crippen LogP contribution in [0.4, 0.5) is 17.1 Å². The maximum absolute atomic E-state index is 2.48. The van der Waals surface area contributed by atoms with Gasteiger partial charge in [0.1, 0.15) is 0 Å². The Morgan fingerprint density at radius 1 is 0.273 bits per heavy atom. The third-order valence-corrected chi connectivity index (χ3v) is 13.6. The largest absolute Gasteiger partial charge is 0.310 e. The molecule has 0 N–H and O–H groups in total. The van der Waals surface area contributed by atoms with Gasteiger partial charge in [-0.15, -0.1) is 0 Å². The minimum atomic E-state index is -0.522. The van der Waals surface area contributed by atoms with E-state index in [1.807, 2.05) is 0 Å². The van der Waals surface area contributed by atoms with Gasteiger partial charge in [-0.2, -0.15) is 0 Å². The highest BCUT2D eigenvalue weighted by Crippen LogP contribution is 2.59. The quantitative estimate of drug-likeness (QED) is 0.140. The molecule has 0 atom stereocenters. The van der Waals surface area contributed by atoms with Crippen molar-refractivity contribution in [3.8, 4) is 55.6 Å². The zero-order valence-electron chi connectivity index (χ0n) is 36.4.